The Labute approximate surface area is 132 Å². The number of hydrogen-bond donors (Lipinski definition) is 0. The van der Waals surface area contributed by atoms with Gasteiger partial charge in [0, 0.05) is 13.1 Å². The molecule has 0 atom stereocenters. The van der Waals surface area contributed by atoms with Crippen molar-refractivity contribution in [1.82, 2.24) is 9.97 Å². The first-order chi connectivity index (χ1) is 10.1. The lowest BCUT2D eigenvalue weighted by Crippen LogP contribution is -2.31. The van der Waals surface area contributed by atoms with E-state index in [9.17, 15) is 4.39 Å². The molecule has 6 heteroatoms. The SMILES string of the molecule is Fc1ccc(-c2c(Cl)nc(N3CCCCC3)nc2Cl)cc1. The molecule has 0 amide bonds. The molecule has 3 nitrogen and oxygen atoms in total. The molecular weight excluding hydrogens is 312 g/mol. The van der Waals surface area contributed by atoms with Crippen LogP contribution < -0.4 is 4.90 Å². The first-order valence-electron chi connectivity index (χ1n) is 6.89. The van der Waals surface area contributed by atoms with E-state index >= 15 is 0 Å². The number of hydrogen-bond acceptors (Lipinski definition) is 3. The van der Waals surface area contributed by atoms with Crippen molar-refractivity contribution in [2.75, 3.05) is 18.0 Å². The van der Waals surface area contributed by atoms with Crippen molar-refractivity contribution in [3.63, 3.8) is 0 Å². The second kappa shape index (κ2) is 6.16. The fourth-order valence-corrected chi connectivity index (χ4v) is 3.08. The van der Waals surface area contributed by atoms with Gasteiger partial charge in [-0.15, -0.1) is 0 Å². The molecule has 21 heavy (non-hydrogen) atoms. The molecule has 2 aromatic rings. The minimum atomic E-state index is -0.308. The average molecular weight is 326 g/mol. The van der Waals surface area contributed by atoms with E-state index in [1.54, 1.807) is 12.1 Å². The van der Waals surface area contributed by atoms with E-state index in [0.717, 1.165) is 25.9 Å². The highest BCUT2D eigenvalue weighted by Crippen LogP contribution is 2.34. The Morgan fingerprint density at radius 1 is 0.905 bits per heavy atom. The van der Waals surface area contributed by atoms with Crippen LogP contribution in [0.25, 0.3) is 11.1 Å². The fraction of sp³-hybridized carbons (Fsp3) is 0.333. The zero-order chi connectivity index (χ0) is 14.8. The maximum atomic E-state index is 13.0. The quantitative estimate of drug-likeness (QED) is 0.757. The van der Waals surface area contributed by atoms with Crippen molar-refractivity contribution in [3.8, 4) is 11.1 Å². The van der Waals surface area contributed by atoms with Gasteiger partial charge in [0.15, 0.2) is 0 Å². The van der Waals surface area contributed by atoms with Crippen LogP contribution in [0.2, 0.25) is 10.3 Å². The minimum absolute atomic E-state index is 0.294. The van der Waals surface area contributed by atoms with Crippen molar-refractivity contribution in [3.05, 3.63) is 40.4 Å². The summed E-state index contributed by atoms with van der Waals surface area (Å²) in [6, 6.07) is 5.96. The van der Waals surface area contributed by atoms with E-state index in [4.69, 9.17) is 23.2 Å². The highest BCUT2D eigenvalue weighted by molar-refractivity contribution is 6.37. The molecule has 2 heterocycles. The molecular formula is C15H14Cl2FN3. The molecule has 3 rings (SSSR count). The van der Waals surface area contributed by atoms with Gasteiger partial charge in [0.05, 0.1) is 5.56 Å². The second-order valence-corrected chi connectivity index (χ2v) is 5.75. The number of anilines is 1. The number of nitrogens with zero attached hydrogens (tertiary/aromatic N) is 3. The van der Waals surface area contributed by atoms with Crippen LogP contribution >= 0.6 is 23.2 Å². The van der Waals surface area contributed by atoms with Gasteiger partial charge in [-0.1, -0.05) is 35.3 Å². The van der Waals surface area contributed by atoms with Crippen LogP contribution in [0.5, 0.6) is 0 Å². The number of rotatable bonds is 2. The predicted octanol–water partition coefficient (Wildman–Crippen LogP) is 4.58. The van der Waals surface area contributed by atoms with E-state index in [0.29, 0.717) is 27.4 Å². The summed E-state index contributed by atoms with van der Waals surface area (Å²) in [7, 11) is 0. The lowest BCUT2D eigenvalue weighted by Gasteiger charge is -2.27. The van der Waals surface area contributed by atoms with Crippen molar-refractivity contribution < 1.29 is 4.39 Å². The van der Waals surface area contributed by atoms with Crippen molar-refractivity contribution >= 4 is 29.2 Å². The predicted molar refractivity (Wildman–Crippen MR) is 83.5 cm³/mol. The lowest BCUT2D eigenvalue weighted by atomic mass is 10.1. The van der Waals surface area contributed by atoms with Gasteiger partial charge in [0.25, 0.3) is 0 Å². The van der Waals surface area contributed by atoms with E-state index in [2.05, 4.69) is 14.9 Å². The Hall–Kier alpha value is -1.39. The van der Waals surface area contributed by atoms with Gasteiger partial charge in [-0.05, 0) is 37.0 Å². The van der Waals surface area contributed by atoms with Gasteiger partial charge in [0.1, 0.15) is 16.1 Å². The summed E-state index contributed by atoms with van der Waals surface area (Å²) in [5, 5.41) is 0.587. The van der Waals surface area contributed by atoms with Gasteiger partial charge in [-0.2, -0.15) is 0 Å². The lowest BCUT2D eigenvalue weighted by molar-refractivity contribution is 0.568. The van der Waals surface area contributed by atoms with Crippen molar-refractivity contribution in [1.29, 1.82) is 0 Å². The molecule has 1 saturated heterocycles. The summed E-state index contributed by atoms with van der Waals surface area (Å²) >= 11 is 12.5. The standard InChI is InChI=1S/C15H14Cl2FN3/c16-13-12(10-4-6-11(18)7-5-10)14(17)20-15(19-13)21-8-2-1-3-9-21/h4-7H,1-3,8-9H2. The normalized spacial score (nSPS) is 15.3. The molecule has 0 aliphatic carbocycles. The fourth-order valence-electron chi connectivity index (χ4n) is 2.49. The maximum absolute atomic E-state index is 13.0. The Kier molecular flexibility index (Phi) is 4.27. The summed E-state index contributed by atoms with van der Waals surface area (Å²) in [5.41, 5.74) is 1.25. The first kappa shape index (κ1) is 14.5. The third-order valence-corrected chi connectivity index (χ3v) is 4.13. The Balaban J connectivity index is 1.97. The monoisotopic (exact) mass is 325 g/mol. The topological polar surface area (TPSA) is 29.0 Å². The zero-order valence-electron chi connectivity index (χ0n) is 11.3. The van der Waals surface area contributed by atoms with Crippen LogP contribution in [0.15, 0.2) is 24.3 Å². The van der Waals surface area contributed by atoms with Gasteiger partial charge in [0.2, 0.25) is 5.95 Å². The summed E-state index contributed by atoms with van der Waals surface area (Å²) in [6.07, 6.45) is 3.47. The summed E-state index contributed by atoms with van der Waals surface area (Å²) in [4.78, 5) is 10.8. The van der Waals surface area contributed by atoms with E-state index < -0.39 is 0 Å². The molecule has 0 saturated carbocycles. The van der Waals surface area contributed by atoms with Crippen LogP contribution in [0.3, 0.4) is 0 Å². The summed E-state index contributed by atoms with van der Waals surface area (Å²) < 4.78 is 13.0. The third-order valence-electron chi connectivity index (χ3n) is 3.58. The molecule has 0 radical (unpaired) electrons. The van der Waals surface area contributed by atoms with Gasteiger partial charge < -0.3 is 4.90 Å². The van der Waals surface area contributed by atoms with Gasteiger partial charge in [-0.3, -0.25) is 0 Å². The summed E-state index contributed by atoms with van der Waals surface area (Å²) in [5.74, 6) is 0.257. The number of benzene rings is 1. The van der Waals surface area contributed by atoms with Crippen LogP contribution in [-0.2, 0) is 0 Å². The Bertz CT molecular complexity index is 617. The molecule has 1 aliphatic heterocycles. The van der Waals surface area contributed by atoms with Crippen LogP contribution in [0, 0.1) is 5.82 Å². The van der Waals surface area contributed by atoms with Crippen LogP contribution in [-0.4, -0.2) is 23.1 Å². The summed E-state index contributed by atoms with van der Waals surface area (Å²) in [6.45, 7) is 1.84. The minimum Gasteiger partial charge on any atom is -0.341 e. The molecule has 0 spiro atoms. The van der Waals surface area contributed by atoms with E-state index in [-0.39, 0.29) is 5.82 Å². The second-order valence-electron chi connectivity index (χ2n) is 5.03. The molecule has 110 valence electrons. The van der Waals surface area contributed by atoms with E-state index in [1.807, 2.05) is 0 Å². The van der Waals surface area contributed by atoms with Gasteiger partial charge >= 0.3 is 0 Å². The molecule has 1 fully saturated rings. The molecule has 0 N–H and O–H groups in total. The highest BCUT2D eigenvalue weighted by Gasteiger charge is 2.19. The van der Waals surface area contributed by atoms with Crippen LogP contribution in [0.4, 0.5) is 10.3 Å². The molecule has 0 bridgehead atoms. The van der Waals surface area contributed by atoms with Crippen LogP contribution in [0.1, 0.15) is 19.3 Å². The Morgan fingerprint density at radius 3 is 2.05 bits per heavy atom. The smallest absolute Gasteiger partial charge is 0.228 e. The molecule has 1 aromatic heterocycles. The highest BCUT2D eigenvalue weighted by atomic mass is 35.5. The Morgan fingerprint density at radius 2 is 1.48 bits per heavy atom. The largest absolute Gasteiger partial charge is 0.341 e. The zero-order valence-corrected chi connectivity index (χ0v) is 12.8. The number of halogens is 3. The third kappa shape index (κ3) is 3.11. The average Bonchev–Trinajstić information content (AvgIpc) is 2.49. The van der Waals surface area contributed by atoms with Gasteiger partial charge in [-0.25, -0.2) is 14.4 Å². The molecule has 0 unspecified atom stereocenters. The molecule has 1 aromatic carbocycles. The first-order valence-corrected chi connectivity index (χ1v) is 7.64. The number of piperidine rings is 1. The maximum Gasteiger partial charge on any atom is 0.228 e. The van der Waals surface area contributed by atoms with E-state index in [1.165, 1.54) is 18.6 Å². The van der Waals surface area contributed by atoms with Crippen molar-refractivity contribution in [2.45, 2.75) is 19.3 Å². The number of aromatic nitrogens is 2. The van der Waals surface area contributed by atoms with Crippen molar-refractivity contribution in [2.24, 2.45) is 0 Å². The molecule has 1 aliphatic rings.